The second-order valence-corrected chi connectivity index (χ2v) is 20.3. The number of para-hydroxylation sites is 1. The van der Waals surface area contributed by atoms with Crippen LogP contribution in [0, 0.1) is 17.2 Å². The molecule has 4 aromatic rings. The van der Waals surface area contributed by atoms with Crippen molar-refractivity contribution in [2.45, 2.75) is 99.5 Å². The average Bonchev–Trinajstić information content (AvgIpc) is 4.01. The lowest BCUT2D eigenvalue weighted by atomic mass is 9.47. The second-order valence-electron chi connectivity index (χ2n) is 20.3. The fraction of sp³-hybridized carbons (Fsp3) is 0.509. The zero-order valence-electron chi connectivity index (χ0n) is 40.4. The van der Waals surface area contributed by atoms with E-state index < -0.39 is 69.3 Å². The van der Waals surface area contributed by atoms with Crippen LogP contribution in [0.1, 0.15) is 75.3 Å². The fourth-order valence-electron chi connectivity index (χ4n) is 14.6. The van der Waals surface area contributed by atoms with Crippen LogP contribution in [0.3, 0.4) is 0 Å². The van der Waals surface area contributed by atoms with E-state index in [1.54, 1.807) is 7.11 Å². The number of anilines is 2. The first-order valence-electron chi connectivity index (χ1n) is 24.2. The number of urea groups is 1. The van der Waals surface area contributed by atoms with Gasteiger partial charge in [0.25, 0.3) is 0 Å². The summed E-state index contributed by atoms with van der Waals surface area (Å²) >= 11 is 0. The first kappa shape index (κ1) is 46.7. The molecule has 1 unspecified atom stereocenters. The highest BCUT2D eigenvalue weighted by atomic mass is 19.1. The Hall–Kier alpha value is -5.97. The number of carbonyl (C=O) groups is 4. The van der Waals surface area contributed by atoms with Gasteiger partial charge in [-0.05, 0) is 98.5 Å². The second kappa shape index (κ2) is 16.9. The number of carbonyl (C=O) groups excluding carboxylic acids is 4. The van der Waals surface area contributed by atoms with Crippen LogP contribution in [0.5, 0.6) is 5.75 Å². The molecule has 3 fully saturated rings. The molecule has 6 aliphatic rings. The molecule has 6 heterocycles. The summed E-state index contributed by atoms with van der Waals surface area (Å²) in [5.41, 5.74) is -1.46. The third kappa shape index (κ3) is 6.67. The van der Waals surface area contributed by atoms with Gasteiger partial charge in [-0.1, -0.05) is 44.2 Å². The Morgan fingerprint density at radius 2 is 1.68 bits per heavy atom. The summed E-state index contributed by atoms with van der Waals surface area (Å²) in [5.74, 6) is -2.19. The number of aromatic nitrogens is 1. The minimum Gasteiger partial charge on any atom is -0.496 e. The van der Waals surface area contributed by atoms with Crippen molar-refractivity contribution < 1.29 is 47.6 Å². The zero-order valence-corrected chi connectivity index (χ0v) is 40.4. The first-order chi connectivity index (χ1) is 33.1. The lowest BCUT2D eigenvalue weighted by Crippen LogP contribution is -2.81. The maximum absolute atomic E-state index is 15.7. The number of rotatable bonds is 9. The predicted molar refractivity (Wildman–Crippen MR) is 257 cm³/mol. The van der Waals surface area contributed by atoms with Crippen LogP contribution in [0.25, 0.3) is 10.9 Å². The maximum atomic E-state index is 15.7. The zero-order chi connectivity index (χ0) is 48.8. The van der Waals surface area contributed by atoms with Crippen LogP contribution in [-0.4, -0.2) is 134 Å². The number of methoxy groups -OCH3 is 3. The number of fused-ring (bicyclic) bond motifs is 6. The first-order valence-corrected chi connectivity index (χ1v) is 24.2. The Kier molecular flexibility index (Phi) is 11.4. The van der Waals surface area contributed by atoms with Gasteiger partial charge in [-0.15, -0.1) is 0 Å². The number of likely N-dealkylation sites (N-methyl/N-ethyl adjacent to an activating group) is 1. The van der Waals surface area contributed by atoms with E-state index in [2.05, 4.69) is 44.5 Å². The molecule has 366 valence electrons. The molecule has 1 saturated carbocycles. The normalized spacial score (nSPS) is 33.1. The van der Waals surface area contributed by atoms with Crippen LogP contribution in [0.15, 0.2) is 72.8 Å². The number of esters is 3. The van der Waals surface area contributed by atoms with Gasteiger partial charge in [-0.2, -0.15) is 0 Å². The van der Waals surface area contributed by atoms with Gasteiger partial charge in [-0.3, -0.25) is 14.5 Å². The third-order valence-electron chi connectivity index (χ3n) is 17.1. The number of aromatic amines is 1. The highest BCUT2D eigenvalue weighted by Gasteiger charge is 2.80. The molecule has 15 nitrogen and oxygen atoms in total. The largest absolute Gasteiger partial charge is 0.496 e. The summed E-state index contributed by atoms with van der Waals surface area (Å²) in [6.45, 7) is 8.44. The van der Waals surface area contributed by atoms with Gasteiger partial charge in [0, 0.05) is 96.6 Å². The van der Waals surface area contributed by atoms with E-state index in [9.17, 15) is 23.9 Å². The Bertz CT molecular complexity index is 2760. The smallest absolute Gasteiger partial charge is 0.344 e. The van der Waals surface area contributed by atoms with E-state index in [-0.39, 0.29) is 18.4 Å². The number of hydrogen-bond acceptors (Lipinski definition) is 12. The molecular weight excluding hydrogens is 884 g/mol. The molecule has 5 aliphatic heterocycles. The van der Waals surface area contributed by atoms with Crippen molar-refractivity contribution in [3.8, 4) is 5.75 Å². The number of aliphatic hydroxyl groups is 1. The van der Waals surface area contributed by atoms with E-state index in [1.165, 1.54) is 45.4 Å². The number of H-pyrrole nitrogens is 1. The molecule has 4 N–H and O–H groups in total. The van der Waals surface area contributed by atoms with Gasteiger partial charge in [0.1, 0.15) is 17.0 Å². The fourth-order valence-corrected chi connectivity index (χ4v) is 14.6. The Balaban J connectivity index is 1.19. The Morgan fingerprint density at radius 1 is 0.928 bits per heavy atom. The minimum absolute atomic E-state index is 0.186. The van der Waals surface area contributed by atoms with Gasteiger partial charge in [0.15, 0.2) is 6.10 Å². The molecule has 2 bridgehead atoms. The van der Waals surface area contributed by atoms with Crippen molar-refractivity contribution in [2.24, 2.45) is 11.3 Å². The molecule has 2 amide bonds. The molecule has 10 atom stereocenters. The number of ether oxygens (including phenoxy) is 4. The third-order valence-corrected chi connectivity index (χ3v) is 17.1. The van der Waals surface area contributed by atoms with E-state index in [1.807, 2.05) is 55.3 Å². The number of benzene rings is 3. The van der Waals surface area contributed by atoms with Crippen molar-refractivity contribution in [3.05, 3.63) is 101 Å². The van der Waals surface area contributed by atoms with Crippen LogP contribution in [0.4, 0.5) is 20.6 Å². The highest BCUT2D eigenvalue weighted by molar-refractivity contribution is 5.95. The summed E-state index contributed by atoms with van der Waals surface area (Å²) < 4.78 is 38.0. The van der Waals surface area contributed by atoms with Gasteiger partial charge < -0.3 is 49.5 Å². The molecule has 1 spiro atoms. The summed E-state index contributed by atoms with van der Waals surface area (Å²) in [4.78, 5) is 67.7. The number of nitrogens with zero attached hydrogens (tertiary/aromatic N) is 3. The van der Waals surface area contributed by atoms with E-state index in [4.69, 9.17) is 18.9 Å². The number of piperidine rings is 1. The van der Waals surface area contributed by atoms with Crippen molar-refractivity contribution >= 4 is 46.2 Å². The van der Waals surface area contributed by atoms with Crippen LogP contribution in [-0.2, 0) is 45.8 Å². The number of halogens is 1. The van der Waals surface area contributed by atoms with E-state index >= 15 is 4.79 Å². The monoisotopic (exact) mass is 946 g/mol. The summed E-state index contributed by atoms with van der Waals surface area (Å²) in [6.07, 6.45) is 5.69. The summed E-state index contributed by atoms with van der Waals surface area (Å²) in [6, 6.07) is 16.0. The lowest BCUT2D eigenvalue weighted by molar-refractivity contribution is -0.228. The maximum Gasteiger partial charge on any atom is 0.344 e. The molecule has 69 heavy (non-hydrogen) atoms. The van der Waals surface area contributed by atoms with Gasteiger partial charge in [-0.25, -0.2) is 14.0 Å². The van der Waals surface area contributed by atoms with Crippen molar-refractivity contribution in [2.75, 3.05) is 71.3 Å². The molecule has 1 aliphatic carbocycles. The predicted octanol–water partition coefficient (Wildman–Crippen LogP) is 5.96. The molecular formula is C53H63FN6O9. The Morgan fingerprint density at radius 3 is 2.38 bits per heavy atom. The van der Waals surface area contributed by atoms with Crippen LogP contribution in [0.2, 0.25) is 0 Å². The van der Waals surface area contributed by atoms with Gasteiger partial charge in [0.05, 0.1) is 32.9 Å². The highest BCUT2D eigenvalue weighted by Crippen LogP contribution is 2.68. The van der Waals surface area contributed by atoms with Crippen molar-refractivity contribution in [1.29, 1.82) is 0 Å². The van der Waals surface area contributed by atoms with Crippen molar-refractivity contribution in [3.63, 3.8) is 0 Å². The van der Waals surface area contributed by atoms with Gasteiger partial charge in [0.2, 0.25) is 5.60 Å². The van der Waals surface area contributed by atoms with Crippen molar-refractivity contribution in [1.82, 2.24) is 20.1 Å². The quantitative estimate of drug-likeness (QED) is 0.0883. The molecule has 0 radical (unpaired) electrons. The molecule has 3 aromatic carbocycles. The molecule has 2 saturated heterocycles. The SMILES string of the molecule is CC[C@]1(NC(=O)Nc2ccc(F)cc2)C[C@@H]2CN(CCc3c([nH]c4ccccc34)[C@@](C(=O)OC)(c3cc4c(cc3OC)N(C)[C@H]3[C@@](O)(C(=O)OC)[C@H](OC(C)=O)[C@]5(CC)C=CCN6CC[C@]43[C@@H]65)C2)C1. The molecule has 1 aromatic heterocycles. The van der Waals surface area contributed by atoms with Gasteiger partial charge >= 0.3 is 23.9 Å². The molecule has 16 heteroatoms. The van der Waals surface area contributed by atoms with Crippen LogP contribution < -0.4 is 20.3 Å². The summed E-state index contributed by atoms with van der Waals surface area (Å²) in [5, 5.41) is 20.7. The minimum atomic E-state index is -2.35. The Labute approximate surface area is 401 Å². The lowest BCUT2D eigenvalue weighted by Gasteiger charge is -2.63. The average molecular weight is 947 g/mol. The summed E-state index contributed by atoms with van der Waals surface area (Å²) in [7, 11) is 6.09. The van der Waals surface area contributed by atoms with Crippen LogP contribution >= 0.6 is 0 Å². The number of amides is 2. The van der Waals surface area contributed by atoms with E-state index in [0.717, 1.165) is 22.0 Å². The topological polar surface area (TPSA) is 175 Å². The standard InChI is InChI=1S/C53H63FN6O9/c1-8-49(57-48(64)55-34-17-15-33(54)16-18-34)27-32-28-52(46(62)67-6,42-36(19-23-59(29-32)30-49)35-13-10-11-14-39(35)56-42)38-25-37-40(26-41(38)66-5)58(4)44-51(37)21-24-60-22-12-20-50(9-2,43(51)60)45(69-31(3)61)53(44,65)47(63)68-7/h10-18,20,25-26,32,43-45,56,65H,8-9,19,21-24,27-30H2,1-7H3,(H2,55,57,64)/t32-,43-,44+,45+,49-,50+,51+,52-,53-/m0/s1. The van der Waals surface area contributed by atoms with E-state index in [0.29, 0.717) is 93.2 Å². The molecule has 10 rings (SSSR count). The number of nitrogens with one attached hydrogen (secondary N) is 3. The number of hydrogen-bond donors (Lipinski definition) is 4.